The van der Waals surface area contributed by atoms with E-state index in [1.807, 2.05) is 31.4 Å². The molecule has 21 heavy (non-hydrogen) atoms. The predicted octanol–water partition coefficient (Wildman–Crippen LogP) is 2.40. The fourth-order valence-electron chi connectivity index (χ4n) is 2.43. The van der Waals surface area contributed by atoms with E-state index < -0.39 is 5.82 Å². The van der Waals surface area contributed by atoms with Crippen molar-refractivity contribution in [2.24, 2.45) is 7.05 Å². The van der Waals surface area contributed by atoms with Gasteiger partial charge in [-0.2, -0.15) is 5.26 Å². The molecule has 2 heterocycles. The Bertz CT molecular complexity index is 931. The number of nitriles is 1. The van der Waals surface area contributed by atoms with Crippen LogP contribution < -0.4 is 5.56 Å². The van der Waals surface area contributed by atoms with E-state index in [2.05, 4.69) is 0 Å². The van der Waals surface area contributed by atoms with E-state index >= 15 is 0 Å². The molecule has 0 radical (unpaired) electrons. The van der Waals surface area contributed by atoms with Gasteiger partial charge in [0.25, 0.3) is 5.56 Å². The Morgan fingerprint density at radius 3 is 2.76 bits per heavy atom. The van der Waals surface area contributed by atoms with Crippen LogP contribution >= 0.6 is 0 Å². The number of aromatic nitrogens is 2. The van der Waals surface area contributed by atoms with Crippen molar-refractivity contribution >= 4 is 10.9 Å². The van der Waals surface area contributed by atoms with Crippen molar-refractivity contribution in [3.63, 3.8) is 0 Å². The molecular formula is C16H12FN3O. The van der Waals surface area contributed by atoms with Crippen molar-refractivity contribution in [1.29, 1.82) is 5.26 Å². The summed E-state index contributed by atoms with van der Waals surface area (Å²) in [6.45, 7) is 0.239. The largest absolute Gasteiger partial charge is 0.346 e. The van der Waals surface area contributed by atoms with Gasteiger partial charge >= 0.3 is 0 Å². The standard InChI is InChI=1S/C16H12FN3O/c1-19-6-4-11-5-7-20(16(21)15(11)19)10-12-2-3-14(17)8-13(12)9-18/h2-8H,10H2,1H3. The van der Waals surface area contributed by atoms with Gasteiger partial charge in [0, 0.05) is 24.8 Å². The van der Waals surface area contributed by atoms with Gasteiger partial charge < -0.3 is 9.13 Å². The highest BCUT2D eigenvalue weighted by Gasteiger charge is 2.09. The van der Waals surface area contributed by atoms with Crippen molar-refractivity contribution in [2.45, 2.75) is 6.54 Å². The van der Waals surface area contributed by atoms with Crippen LogP contribution in [0.3, 0.4) is 0 Å². The number of nitrogens with zero attached hydrogens (tertiary/aromatic N) is 3. The van der Waals surface area contributed by atoms with Gasteiger partial charge in [-0.25, -0.2) is 4.39 Å². The van der Waals surface area contributed by atoms with Crippen LogP contribution in [-0.2, 0) is 13.6 Å². The smallest absolute Gasteiger partial charge is 0.275 e. The molecule has 2 aromatic heterocycles. The van der Waals surface area contributed by atoms with Crippen LogP contribution in [0.25, 0.3) is 10.9 Å². The third-order valence-corrected chi connectivity index (χ3v) is 3.53. The van der Waals surface area contributed by atoms with Gasteiger partial charge in [-0.3, -0.25) is 4.79 Å². The number of pyridine rings is 1. The maximum absolute atomic E-state index is 13.1. The van der Waals surface area contributed by atoms with E-state index in [-0.39, 0.29) is 17.7 Å². The molecule has 0 bridgehead atoms. The molecule has 1 aromatic carbocycles. The predicted molar refractivity (Wildman–Crippen MR) is 77.4 cm³/mol. The average Bonchev–Trinajstić information content (AvgIpc) is 2.85. The molecule has 0 aliphatic carbocycles. The quantitative estimate of drug-likeness (QED) is 0.724. The van der Waals surface area contributed by atoms with E-state index in [0.717, 1.165) is 5.39 Å². The van der Waals surface area contributed by atoms with Gasteiger partial charge in [-0.15, -0.1) is 0 Å². The number of hydrogen-bond donors (Lipinski definition) is 0. The summed E-state index contributed by atoms with van der Waals surface area (Å²) in [7, 11) is 1.81. The third-order valence-electron chi connectivity index (χ3n) is 3.53. The molecule has 4 nitrogen and oxygen atoms in total. The lowest BCUT2D eigenvalue weighted by Gasteiger charge is -2.08. The summed E-state index contributed by atoms with van der Waals surface area (Å²) in [4.78, 5) is 12.5. The summed E-state index contributed by atoms with van der Waals surface area (Å²) < 4.78 is 16.4. The maximum Gasteiger partial charge on any atom is 0.275 e. The molecule has 0 saturated heterocycles. The van der Waals surface area contributed by atoms with Gasteiger partial charge in [0.1, 0.15) is 11.3 Å². The summed E-state index contributed by atoms with van der Waals surface area (Å²) in [5.74, 6) is -0.458. The van der Waals surface area contributed by atoms with Crippen molar-refractivity contribution in [3.05, 3.63) is 70.0 Å². The fraction of sp³-hybridized carbons (Fsp3) is 0.125. The Morgan fingerprint density at radius 1 is 1.24 bits per heavy atom. The van der Waals surface area contributed by atoms with Gasteiger partial charge in [-0.1, -0.05) is 6.07 Å². The second-order valence-electron chi connectivity index (χ2n) is 4.89. The third kappa shape index (κ3) is 2.21. The molecule has 0 aliphatic heterocycles. The van der Waals surface area contributed by atoms with Crippen molar-refractivity contribution < 1.29 is 4.39 Å². The highest BCUT2D eigenvalue weighted by Crippen LogP contribution is 2.13. The Labute approximate surface area is 120 Å². The fourth-order valence-corrected chi connectivity index (χ4v) is 2.43. The average molecular weight is 281 g/mol. The molecule has 0 spiro atoms. The Kier molecular flexibility index (Phi) is 3.07. The summed E-state index contributed by atoms with van der Waals surface area (Å²) in [5, 5.41) is 9.94. The van der Waals surface area contributed by atoms with E-state index in [0.29, 0.717) is 11.1 Å². The van der Waals surface area contributed by atoms with Gasteiger partial charge in [0.2, 0.25) is 0 Å². The zero-order valence-electron chi connectivity index (χ0n) is 11.4. The molecule has 0 amide bonds. The van der Waals surface area contributed by atoms with E-state index in [1.54, 1.807) is 10.8 Å². The van der Waals surface area contributed by atoms with Crippen LogP contribution in [0.2, 0.25) is 0 Å². The molecular weight excluding hydrogens is 269 g/mol. The number of hydrogen-bond acceptors (Lipinski definition) is 2. The second-order valence-corrected chi connectivity index (χ2v) is 4.89. The number of benzene rings is 1. The molecule has 0 saturated carbocycles. The molecule has 5 heteroatoms. The normalized spacial score (nSPS) is 10.7. The Morgan fingerprint density at radius 2 is 2.00 bits per heavy atom. The molecule has 104 valence electrons. The van der Waals surface area contributed by atoms with E-state index in [9.17, 15) is 9.18 Å². The molecule has 0 aliphatic rings. The monoisotopic (exact) mass is 281 g/mol. The van der Waals surface area contributed by atoms with Crippen molar-refractivity contribution in [1.82, 2.24) is 9.13 Å². The van der Waals surface area contributed by atoms with Crippen LogP contribution in [0.1, 0.15) is 11.1 Å². The lowest BCUT2D eigenvalue weighted by atomic mass is 10.1. The highest BCUT2D eigenvalue weighted by molar-refractivity contribution is 5.78. The lowest BCUT2D eigenvalue weighted by molar-refractivity contribution is 0.625. The van der Waals surface area contributed by atoms with Gasteiger partial charge in [0.05, 0.1) is 18.2 Å². The van der Waals surface area contributed by atoms with E-state index in [1.165, 1.54) is 22.8 Å². The minimum Gasteiger partial charge on any atom is -0.346 e. The maximum atomic E-state index is 13.1. The first-order valence-electron chi connectivity index (χ1n) is 6.43. The highest BCUT2D eigenvalue weighted by atomic mass is 19.1. The SMILES string of the molecule is Cn1ccc2ccn(Cc3ccc(F)cc3C#N)c(=O)c21. The summed E-state index contributed by atoms with van der Waals surface area (Å²) in [6, 6.07) is 9.70. The van der Waals surface area contributed by atoms with Crippen LogP contribution in [0.4, 0.5) is 4.39 Å². The first kappa shape index (κ1) is 13.1. The van der Waals surface area contributed by atoms with Crippen LogP contribution in [0, 0.1) is 17.1 Å². The van der Waals surface area contributed by atoms with Gasteiger partial charge in [-0.05, 0) is 29.8 Å². The Hall–Kier alpha value is -2.87. The minimum atomic E-state index is -0.458. The van der Waals surface area contributed by atoms with Crippen LogP contribution in [0.15, 0.2) is 47.5 Å². The zero-order chi connectivity index (χ0) is 15.0. The lowest BCUT2D eigenvalue weighted by Crippen LogP contribution is -2.21. The summed E-state index contributed by atoms with van der Waals surface area (Å²) in [6.07, 6.45) is 3.52. The molecule has 3 aromatic rings. The summed E-state index contributed by atoms with van der Waals surface area (Å²) in [5.41, 5.74) is 1.34. The minimum absolute atomic E-state index is 0.131. The first-order valence-corrected chi connectivity index (χ1v) is 6.43. The number of aryl methyl sites for hydroxylation is 1. The van der Waals surface area contributed by atoms with Crippen molar-refractivity contribution in [2.75, 3.05) is 0 Å². The first-order chi connectivity index (χ1) is 10.1. The Balaban J connectivity index is 2.11. The molecule has 0 N–H and O–H groups in total. The summed E-state index contributed by atoms with van der Waals surface area (Å²) >= 11 is 0. The van der Waals surface area contributed by atoms with Gasteiger partial charge in [0.15, 0.2) is 0 Å². The topological polar surface area (TPSA) is 50.7 Å². The molecule has 0 atom stereocenters. The molecule has 0 unspecified atom stereocenters. The number of rotatable bonds is 2. The van der Waals surface area contributed by atoms with Crippen LogP contribution in [-0.4, -0.2) is 9.13 Å². The number of halogens is 1. The molecule has 0 fully saturated rings. The van der Waals surface area contributed by atoms with Crippen molar-refractivity contribution in [3.8, 4) is 6.07 Å². The molecule has 3 rings (SSSR count). The van der Waals surface area contributed by atoms with Crippen LogP contribution in [0.5, 0.6) is 0 Å². The van der Waals surface area contributed by atoms with E-state index in [4.69, 9.17) is 5.26 Å². The number of fused-ring (bicyclic) bond motifs is 1. The zero-order valence-corrected chi connectivity index (χ0v) is 11.4. The second kappa shape index (κ2) is 4.91.